The quantitative estimate of drug-likeness (QED) is 0.573. The molecule has 0 saturated heterocycles. The lowest BCUT2D eigenvalue weighted by molar-refractivity contribution is -0.138. The van der Waals surface area contributed by atoms with E-state index < -0.39 is 11.7 Å². The number of aldehydes is 1. The van der Waals surface area contributed by atoms with E-state index in [2.05, 4.69) is 0 Å². The van der Waals surface area contributed by atoms with Gasteiger partial charge < -0.3 is 9.53 Å². The van der Waals surface area contributed by atoms with E-state index in [-0.39, 0.29) is 18.8 Å². The molecule has 5 heteroatoms. The molecule has 0 saturated carbocycles. The highest BCUT2D eigenvalue weighted by Gasteiger charge is 2.33. The number of hydrogen-bond acceptors (Lipinski definition) is 2. The van der Waals surface area contributed by atoms with Gasteiger partial charge in [0.05, 0.1) is 12.2 Å². The van der Waals surface area contributed by atoms with Gasteiger partial charge in [-0.1, -0.05) is 12.1 Å². The van der Waals surface area contributed by atoms with Crippen molar-refractivity contribution in [2.24, 2.45) is 0 Å². The topological polar surface area (TPSA) is 26.3 Å². The average molecular weight is 218 g/mol. The highest BCUT2D eigenvalue weighted by atomic mass is 19.4. The molecular weight excluding hydrogens is 209 g/mol. The van der Waals surface area contributed by atoms with E-state index in [1.807, 2.05) is 0 Å². The van der Waals surface area contributed by atoms with Gasteiger partial charge in [0.25, 0.3) is 0 Å². The lowest BCUT2D eigenvalue weighted by Gasteiger charge is -2.12. The molecule has 0 N–H and O–H groups in total. The molecule has 1 aromatic carbocycles. The minimum Gasteiger partial charge on any atom is -0.493 e. The van der Waals surface area contributed by atoms with Crippen molar-refractivity contribution in [1.82, 2.24) is 0 Å². The Morgan fingerprint density at radius 3 is 2.53 bits per heavy atom. The van der Waals surface area contributed by atoms with Gasteiger partial charge in [-0.05, 0) is 12.1 Å². The number of alkyl halides is 3. The Kier molecular flexibility index (Phi) is 3.71. The second-order valence-corrected chi connectivity index (χ2v) is 2.80. The zero-order valence-electron chi connectivity index (χ0n) is 7.75. The van der Waals surface area contributed by atoms with Crippen molar-refractivity contribution in [3.8, 4) is 5.75 Å². The highest BCUT2D eigenvalue weighted by Crippen LogP contribution is 2.35. The van der Waals surface area contributed by atoms with E-state index >= 15 is 0 Å². The lowest BCUT2D eigenvalue weighted by atomic mass is 10.2. The van der Waals surface area contributed by atoms with E-state index in [1.54, 1.807) is 0 Å². The van der Waals surface area contributed by atoms with Crippen molar-refractivity contribution >= 4 is 6.29 Å². The van der Waals surface area contributed by atoms with Crippen LogP contribution in [-0.2, 0) is 11.0 Å². The molecule has 0 aromatic heterocycles. The third kappa shape index (κ3) is 3.27. The second kappa shape index (κ2) is 4.82. The van der Waals surface area contributed by atoms with Crippen molar-refractivity contribution < 1.29 is 22.7 Å². The van der Waals surface area contributed by atoms with Crippen LogP contribution in [0.5, 0.6) is 5.75 Å². The highest BCUT2D eigenvalue weighted by molar-refractivity contribution is 5.49. The van der Waals surface area contributed by atoms with Crippen LogP contribution in [0.2, 0.25) is 0 Å². The Bertz CT molecular complexity index is 334. The Morgan fingerprint density at radius 1 is 1.27 bits per heavy atom. The molecular formula is C10H9F3O2. The molecule has 0 aliphatic rings. The third-order valence-corrected chi connectivity index (χ3v) is 1.69. The van der Waals surface area contributed by atoms with Gasteiger partial charge in [0.2, 0.25) is 0 Å². The van der Waals surface area contributed by atoms with Crippen LogP contribution in [0.4, 0.5) is 13.2 Å². The summed E-state index contributed by atoms with van der Waals surface area (Å²) in [7, 11) is 0. The number of benzene rings is 1. The van der Waals surface area contributed by atoms with Crippen LogP contribution in [0.1, 0.15) is 12.0 Å². The first-order chi connectivity index (χ1) is 7.05. The molecule has 2 nitrogen and oxygen atoms in total. The molecule has 0 spiro atoms. The molecule has 0 radical (unpaired) electrons. The summed E-state index contributed by atoms with van der Waals surface area (Å²) in [6, 6.07) is 4.91. The molecule has 0 bridgehead atoms. The first-order valence-electron chi connectivity index (χ1n) is 4.28. The van der Waals surface area contributed by atoms with Gasteiger partial charge in [-0.15, -0.1) is 0 Å². The monoisotopic (exact) mass is 218 g/mol. The zero-order valence-corrected chi connectivity index (χ0v) is 7.75. The predicted octanol–water partition coefficient (Wildman–Crippen LogP) is 2.67. The second-order valence-electron chi connectivity index (χ2n) is 2.80. The number of carbonyl (C=O) groups excluding carboxylic acids is 1. The largest absolute Gasteiger partial charge is 0.493 e. The van der Waals surface area contributed by atoms with Crippen LogP contribution < -0.4 is 4.74 Å². The molecule has 0 amide bonds. The summed E-state index contributed by atoms with van der Waals surface area (Å²) >= 11 is 0. The molecule has 82 valence electrons. The average Bonchev–Trinajstić information content (AvgIpc) is 2.17. The minimum absolute atomic E-state index is 0.0450. The molecule has 0 atom stereocenters. The number of carbonyl (C=O) groups is 1. The molecule has 15 heavy (non-hydrogen) atoms. The fraction of sp³-hybridized carbons (Fsp3) is 0.300. The van der Waals surface area contributed by atoms with E-state index in [0.29, 0.717) is 6.29 Å². The molecule has 0 heterocycles. The van der Waals surface area contributed by atoms with Crippen molar-refractivity contribution in [2.75, 3.05) is 6.61 Å². The first kappa shape index (κ1) is 11.6. The summed E-state index contributed by atoms with van der Waals surface area (Å²) in [6.45, 7) is -0.0450. The van der Waals surface area contributed by atoms with Crippen LogP contribution in [-0.4, -0.2) is 12.9 Å². The van der Waals surface area contributed by atoms with Gasteiger partial charge in [-0.2, -0.15) is 13.2 Å². The van der Waals surface area contributed by atoms with E-state index in [1.165, 1.54) is 18.2 Å². The smallest absolute Gasteiger partial charge is 0.419 e. The van der Waals surface area contributed by atoms with Gasteiger partial charge in [0.15, 0.2) is 0 Å². The van der Waals surface area contributed by atoms with Crippen LogP contribution in [0.25, 0.3) is 0 Å². The summed E-state index contributed by atoms with van der Waals surface area (Å²) < 4.78 is 42.1. The summed E-state index contributed by atoms with van der Waals surface area (Å²) in [5.41, 5.74) is -0.823. The van der Waals surface area contributed by atoms with E-state index in [9.17, 15) is 18.0 Å². The summed E-state index contributed by atoms with van der Waals surface area (Å²) in [5, 5.41) is 0. The standard InChI is InChI=1S/C10H9F3O2/c11-10(12,13)8-4-1-2-5-9(8)15-7-3-6-14/h1-2,4-6H,3,7H2. The number of rotatable bonds is 4. The van der Waals surface area contributed by atoms with E-state index in [4.69, 9.17) is 4.74 Å². The van der Waals surface area contributed by atoms with Gasteiger partial charge in [-0.3, -0.25) is 0 Å². The maximum Gasteiger partial charge on any atom is 0.419 e. The Balaban J connectivity index is 2.82. The van der Waals surface area contributed by atoms with Gasteiger partial charge in [0.1, 0.15) is 12.0 Å². The Hall–Kier alpha value is -1.52. The first-order valence-corrected chi connectivity index (χ1v) is 4.28. The fourth-order valence-corrected chi connectivity index (χ4v) is 1.04. The predicted molar refractivity (Wildman–Crippen MR) is 47.6 cm³/mol. The molecule has 0 aliphatic carbocycles. The maximum absolute atomic E-state index is 12.4. The van der Waals surface area contributed by atoms with Crippen molar-refractivity contribution in [1.29, 1.82) is 0 Å². The Labute approximate surface area is 84.7 Å². The van der Waals surface area contributed by atoms with E-state index in [0.717, 1.165) is 6.07 Å². The number of ether oxygens (including phenoxy) is 1. The fourth-order valence-electron chi connectivity index (χ4n) is 1.04. The molecule has 0 unspecified atom stereocenters. The summed E-state index contributed by atoms with van der Waals surface area (Å²) in [5.74, 6) is -0.244. The SMILES string of the molecule is O=CCCOc1ccccc1C(F)(F)F. The summed E-state index contributed by atoms with van der Waals surface area (Å²) in [4.78, 5) is 9.97. The molecule has 1 rings (SSSR count). The normalized spacial score (nSPS) is 11.1. The zero-order chi connectivity index (χ0) is 11.3. The number of para-hydroxylation sites is 1. The van der Waals surface area contributed by atoms with Gasteiger partial charge >= 0.3 is 6.18 Å². The number of halogens is 3. The Morgan fingerprint density at radius 2 is 1.93 bits per heavy atom. The molecule has 1 aromatic rings. The van der Waals surface area contributed by atoms with Gasteiger partial charge in [0, 0.05) is 6.42 Å². The van der Waals surface area contributed by atoms with Crippen LogP contribution in [0.3, 0.4) is 0 Å². The van der Waals surface area contributed by atoms with Crippen LogP contribution in [0.15, 0.2) is 24.3 Å². The van der Waals surface area contributed by atoms with Crippen LogP contribution in [0, 0.1) is 0 Å². The summed E-state index contributed by atoms with van der Waals surface area (Å²) in [6.07, 6.45) is -3.76. The molecule has 0 aliphatic heterocycles. The number of hydrogen-bond donors (Lipinski definition) is 0. The van der Waals surface area contributed by atoms with Crippen molar-refractivity contribution in [3.05, 3.63) is 29.8 Å². The lowest BCUT2D eigenvalue weighted by Crippen LogP contribution is -2.09. The maximum atomic E-state index is 12.4. The van der Waals surface area contributed by atoms with Gasteiger partial charge in [-0.25, -0.2) is 0 Å². The molecule has 0 fully saturated rings. The van der Waals surface area contributed by atoms with Crippen molar-refractivity contribution in [2.45, 2.75) is 12.6 Å². The third-order valence-electron chi connectivity index (χ3n) is 1.69. The van der Waals surface area contributed by atoms with Crippen molar-refractivity contribution in [3.63, 3.8) is 0 Å². The minimum atomic E-state index is -4.43. The van der Waals surface area contributed by atoms with Crippen LogP contribution >= 0.6 is 0 Å².